The fourth-order valence-corrected chi connectivity index (χ4v) is 5.96. The average Bonchev–Trinajstić information content (AvgIpc) is 3.21. The van der Waals surface area contributed by atoms with E-state index in [-0.39, 0.29) is 17.9 Å². The maximum atomic E-state index is 12.8. The molecule has 2 N–H and O–H groups in total. The molecular weight excluding hydrogens is 438 g/mol. The molecule has 0 radical (unpaired) electrons. The molecule has 2 aliphatic rings. The number of carbonyl (C=O) groups excluding carboxylic acids is 2. The average molecular weight is 480 g/mol. The highest BCUT2D eigenvalue weighted by Gasteiger charge is 2.62. The molecule has 1 saturated heterocycles. The van der Waals surface area contributed by atoms with Crippen LogP contribution in [0.1, 0.15) is 52.0 Å². The molecule has 1 aliphatic carbocycles. The first-order valence-electron chi connectivity index (χ1n) is 13.0. The Morgan fingerprint density at radius 3 is 2.77 bits per heavy atom. The molecule has 1 aromatic rings. The number of benzene rings is 1. The second-order valence-corrected chi connectivity index (χ2v) is 10.3. The lowest BCUT2D eigenvalue weighted by atomic mass is 9.60. The van der Waals surface area contributed by atoms with E-state index in [1.807, 2.05) is 24.3 Å². The Morgan fingerprint density at radius 1 is 1.34 bits per heavy atom. The van der Waals surface area contributed by atoms with Gasteiger partial charge in [0.15, 0.2) is 0 Å². The van der Waals surface area contributed by atoms with Crippen LogP contribution < -0.4 is 5.32 Å². The first-order valence-corrected chi connectivity index (χ1v) is 13.0. The van der Waals surface area contributed by atoms with Gasteiger partial charge in [-0.2, -0.15) is 0 Å². The molecule has 0 bridgehead atoms. The van der Waals surface area contributed by atoms with Gasteiger partial charge in [0, 0.05) is 30.5 Å². The number of esters is 1. The number of hydrogen-bond acceptors (Lipinski definition) is 5. The molecule has 0 spiro atoms. The van der Waals surface area contributed by atoms with Crippen LogP contribution in [-0.4, -0.2) is 41.7 Å². The number of allylic oxidation sites excluding steroid dienone is 2. The summed E-state index contributed by atoms with van der Waals surface area (Å²) < 4.78 is 6.20. The summed E-state index contributed by atoms with van der Waals surface area (Å²) in [6.45, 7) is 11.2. The minimum Gasteiger partial charge on any atom is -0.453 e. The van der Waals surface area contributed by atoms with E-state index in [0.29, 0.717) is 18.7 Å². The molecule has 2 fully saturated rings. The molecular formula is C30H41NO4. The van der Waals surface area contributed by atoms with Gasteiger partial charge in [0.1, 0.15) is 11.9 Å². The third-order valence-corrected chi connectivity index (χ3v) is 7.88. The maximum Gasteiger partial charge on any atom is 0.331 e. The topological polar surface area (TPSA) is 75.6 Å². The number of ether oxygens (including phenoxy) is 1. The van der Waals surface area contributed by atoms with E-state index in [2.05, 4.69) is 50.9 Å². The lowest BCUT2D eigenvalue weighted by Crippen LogP contribution is -2.59. The lowest BCUT2D eigenvalue weighted by molar-refractivity contribution is -0.173. The highest BCUT2D eigenvalue weighted by molar-refractivity contribution is 5.86. The molecule has 190 valence electrons. The Kier molecular flexibility index (Phi) is 9.64. The standard InChI is InChI=1S/C30H41NO4/c1-5-6-12-21(2)13-10-16-25-29(34)23(4)22(3)28-26(19-24-14-8-7-9-15-24)31-20-30(25,28)35-27(33)17-11-18-32/h7-11,14-18,21-22,25-26,28-29,31,34H,4-6,12-13,19-20H2,1-3H3/b16-10+,17-11+/t21-,22-,25?,26+,28+,29-,30-/m1/s1. The van der Waals surface area contributed by atoms with Crippen molar-refractivity contribution >= 4 is 12.3 Å². The van der Waals surface area contributed by atoms with Crippen LogP contribution in [0.25, 0.3) is 0 Å². The molecule has 1 saturated carbocycles. The first-order chi connectivity index (χ1) is 16.8. The van der Waals surface area contributed by atoms with Gasteiger partial charge in [0.05, 0.1) is 6.10 Å². The van der Waals surface area contributed by atoms with Gasteiger partial charge < -0.3 is 15.2 Å². The number of aldehydes is 1. The fraction of sp³-hybridized carbons (Fsp3) is 0.533. The summed E-state index contributed by atoms with van der Waals surface area (Å²) in [5.74, 6) is -0.558. The van der Waals surface area contributed by atoms with Crippen LogP contribution in [0, 0.1) is 23.7 Å². The molecule has 35 heavy (non-hydrogen) atoms. The van der Waals surface area contributed by atoms with Gasteiger partial charge in [0.2, 0.25) is 0 Å². The first kappa shape index (κ1) is 27.1. The Bertz CT molecular complexity index is 924. The predicted molar refractivity (Wildman–Crippen MR) is 140 cm³/mol. The number of nitrogens with one attached hydrogen (secondary N) is 1. The second kappa shape index (κ2) is 12.5. The summed E-state index contributed by atoms with van der Waals surface area (Å²) in [7, 11) is 0. The van der Waals surface area contributed by atoms with Gasteiger partial charge in [-0.25, -0.2) is 4.79 Å². The van der Waals surface area contributed by atoms with E-state index in [0.717, 1.165) is 37.0 Å². The van der Waals surface area contributed by atoms with E-state index in [1.165, 1.54) is 18.4 Å². The van der Waals surface area contributed by atoms with Gasteiger partial charge in [-0.05, 0) is 41.9 Å². The number of unbranched alkanes of at least 4 members (excludes halogenated alkanes) is 1. The molecule has 7 atom stereocenters. The Morgan fingerprint density at radius 2 is 2.09 bits per heavy atom. The van der Waals surface area contributed by atoms with Crippen molar-refractivity contribution in [3.05, 3.63) is 72.4 Å². The number of hydrogen-bond donors (Lipinski definition) is 2. The van der Waals surface area contributed by atoms with Gasteiger partial charge in [0.25, 0.3) is 0 Å². The molecule has 1 heterocycles. The van der Waals surface area contributed by atoms with Gasteiger partial charge in [-0.3, -0.25) is 4.79 Å². The van der Waals surface area contributed by atoms with Crippen molar-refractivity contribution < 1.29 is 19.4 Å². The van der Waals surface area contributed by atoms with Crippen molar-refractivity contribution in [1.29, 1.82) is 0 Å². The van der Waals surface area contributed by atoms with Gasteiger partial charge >= 0.3 is 5.97 Å². The smallest absolute Gasteiger partial charge is 0.331 e. The van der Waals surface area contributed by atoms with Crippen LogP contribution in [0.15, 0.2) is 66.8 Å². The zero-order chi connectivity index (χ0) is 25.4. The largest absolute Gasteiger partial charge is 0.453 e. The monoisotopic (exact) mass is 479 g/mol. The molecule has 3 rings (SSSR count). The highest BCUT2D eigenvalue weighted by atomic mass is 16.6. The third kappa shape index (κ3) is 6.20. The molecule has 5 heteroatoms. The van der Waals surface area contributed by atoms with Gasteiger partial charge in [-0.1, -0.05) is 89.1 Å². The molecule has 1 unspecified atom stereocenters. The zero-order valence-electron chi connectivity index (χ0n) is 21.4. The van der Waals surface area contributed by atoms with Crippen molar-refractivity contribution in [1.82, 2.24) is 5.32 Å². The molecule has 1 aliphatic heterocycles. The zero-order valence-corrected chi connectivity index (χ0v) is 21.4. The third-order valence-electron chi connectivity index (χ3n) is 7.88. The van der Waals surface area contributed by atoms with Crippen LogP contribution in [0.4, 0.5) is 0 Å². The number of fused-ring (bicyclic) bond motifs is 1. The number of carbonyl (C=O) groups is 2. The maximum absolute atomic E-state index is 12.8. The summed E-state index contributed by atoms with van der Waals surface area (Å²) in [5.41, 5.74) is 1.04. The van der Waals surface area contributed by atoms with Crippen molar-refractivity contribution in [3.8, 4) is 0 Å². The van der Waals surface area contributed by atoms with Crippen molar-refractivity contribution in [3.63, 3.8) is 0 Å². The molecule has 1 aromatic carbocycles. The normalized spacial score (nSPS) is 31.5. The van der Waals surface area contributed by atoms with E-state index < -0.39 is 23.6 Å². The Labute approximate surface area is 210 Å². The Balaban J connectivity index is 1.95. The SMILES string of the molecule is C=C1[C@@H](O)C(/C=C/C[C@H](C)CCCC)[C@]2(OC(=O)/C=C/C=O)CN[C@@H](Cc3ccccc3)[C@@H]2[C@@H]1C. The molecule has 0 amide bonds. The minimum absolute atomic E-state index is 0.0512. The van der Waals surface area contributed by atoms with E-state index in [4.69, 9.17) is 4.74 Å². The minimum atomic E-state index is -0.938. The van der Waals surface area contributed by atoms with Crippen LogP contribution in [0.5, 0.6) is 0 Å². The molecule has 5 nitrogen and oxygen atoms in total. The summed E-state index contributed by atoms with van der Waals surface area (Å²) in [6, 6.07) is 10.3. The number of rotatable bonds is 11. The van der Waals surface area contributed by atoms with E-state index in [1.54, 1.807) is 0 Å². The van der Waals surface area contributed by atoms with E-state index >= 15 is 0 Å². The lowest BCUT2D eigenvalue weighted by Gasteiger charge is -2.50. The van der Waals surface area contributed by atoms with Crippen LogP contribution in [-0.2, 0) is 20.7 Å². The van der Waals surface area contributed by atoms with Gasteiger partial charge in [-0.15, -0.1) is 0 Å². The van der Waals surface area contributed by atoms with Crippen LogP contribution in [0.2, 0.25) is 0 Å². The highest BCUT2D eigenvalue weighted by Crippen LogP contribution is 2.51. The summed E-state index contributed by atoms with van der Waals surface area (Å²) in [4.78, 5) is 23.6. The summed E-state index contributed by atoms with van der Waals surface area (Å²) >= 11 is 0. The van der Waals surface area contributed by atoms with Crippen LogP contribution >= 0.6 is 0 Å². The Hall–Kier alpha value is -2.50. The van der Waals surface area contributed by atoms with Crippen molar-refractivity contribution in [2.45, 2.75) is 70.6 Å². The summed E-state index contributed by atoms with van der Waals surface area (Å²) in [5, 5.41) is 15.0. The predicted octanol–water partition coefficient (Wildman–Crippen LogP) is 4.81. The van der Waals surface area contributed by atoms with Crippen molar-refractivity contribution in [2.24, 2.45) is 23.7 Å². The fourth-order valence-electron chi connectivity index (χ4n) is 5.96. The van der Waals surface area contributed by atoms with E-state index in [9.17, 15) is 14.7 Å². The second-order valence-electron chi connectivity index (χ2n) is 10.3. The van der Waals surface area contributed by atoms with Crippen molar-refractivity contribution in [2.75, 3.05) is 6.54 Å². The number of aliphatic hydroxyl groups is 1. The molecule has 0 aromatic heterocycles. The van der Waals surface area contributed by atoms with Crippen LogP contribution in [0.3, 0.4) is 0 Å². The number of aliphatic hydroxyl groups excluding tert-OH is 1. The summed E-state index contributed by atoms with van der Waals surface area (Å²) in [6.07, 6.45) is 11.5. The quantitative estimate of drug-likeness (QED) is 0.206.